The Labute approximate surface area is 132 Å². The Morgan fingerprint density at radius 1 is 1.09 bits per heavy atom. The van der Waals surface area contributed by atoms with Crippen LogP contribution in [0, 0.1) is 0 Å². The zero-order valence-electron chi connectivity index (χ0n) is 11.8. The zero-order valence-corrected chi connectivity index (χ0v) is 12.6. The number of hydrogen-bond acceptors (Lipinski definition) is 3. The molecule has 0 bridgehead atoms. The highest BCUT2D eigenvalue weighted by Crippen LogP contribution is 2.25. The van der Waals surface area contributed by atoms with E-state index in [1.54, 1.807) is 37.4 Å². The van der Waals surface area contributed by atoms with Gasteiger partial charge in [-0.15, -0.1) is 0 Å². The van der Waals surface area contributed by atoms with Crippen molar-refractivity contribution in [3.05, 3.63) is 65.3 Å². The molecule has 1 N–H and O–H groups in total. The summed E-state index contributed by atoms with van der Waals surface area (Å²) >= 11 is 6.04. The topological polar surface area (TPSA) is 51.2 Å². The highest BCUT2D eigenvalue weighted by molar-refractivity contribution is 6.33. The predicted molar refractivity (Wildman–Crippen MR) is 87.7 cm³/mol. The largest absolute Gasteiger partial charge is 0.494 e. The first-order chi connectivity index (χ1) is 10.7. The van der Waals surface area contributed by atoms with Gasteiger partial charge in [-0.1, -0.05) is 41.9 Å². The summed E-state index contributed by atoms with van der Waals surface area (Å²) in [4.78, 5) is 16.7. The summed E-state index contributed by atoms with van der Waals surface area (Å²) in [7, 11) is 1.58. The number of nitrogens with one attached hydrogen (secondary N) is 1. The van der Waals surface area contributed by atoms with Crippen molar-refractivity contribution in [1.82, 2.24) is 4.98 Å². The van der Waals surface area contributed by atoms with Crippen molar-refractivity contribution in [3.63, 3.8) is 0 Å². The molecule has 0 saturated heterocycles. The van der Waals surface area contributed by atoms with Crippen molar-refractivity contribution >= 4 is 34.1 Å². The maximum absolute atomic E-state index is 12.3. The van der Waals surface area contributed by atoms with Gasteiger partial charge in [0.05, 0.1) is 17.8 Å². The number of carbonyl (C=O) groups excluding carboxylic acids is 1. The Bertz CT molecular complexity index is 849. The van der Waals surface area contributed by atoms with E-state index in [4.69, 9.17) is 16.3 Å². The highest BCUT2D eigenvalue weighted by atomic mass is 35.5. The van der Waals surface area contributed by atoms with Gasteiger partial charge in [-0.2, -0.15) is 0 Å². The molecule has 110 valence electrons. The molecule has 1 amide bonds. The quantitative estimate of drug-likeness (QED) is 0.790. The molecule has 1 heterocycles. The molecular formula is C17H13ClN2O2. The summed E-state index contributed by atoms with van der Waals surface area (Å²) < 4.78 is 5.28. The van der Waals surface area contributed by atoms with Crippen molar-refractivity contribution in [2.75, 3.05) is 12.4 Å². The number of fused-ring (bicyclic) bond motifs is 1. The Morgan fingerprint density at radius 2 is 1.91 bits per heavy atom. The van der Waals surface area contributed by atoms with Crippen LogP contribution in [0.5, 0.6) is 5.75 Å². The summed E-state index contributed by atoms with van der Waals surface area (Å²) in [5.41, 5.74) is 1.50. The first-order valence-corrected chi connectivity index (χ1v) is 7.06. The maximum Gasteiger partial charge on any atom is 0.274 e. The molecule has 0 radical (unpaired) electrons. The van der Waals surface area contributed by atoms with Crippen LogP contribution in [0.25, 0.3) is 10.9 Å². The van der Waals surface area contributed by atoms with Crippen molar-refractivity contribution in [3.8, 4) is 5.75 Å². The molecule has 0 aliphatic heterocycles. The third kappa shape index (κ3) is 2.73. The van der Waals surface area contributed by atoms with E-state index >= 15 is 0 Å². The molecule has 0 atom stereocenters. The number of pyridine rings is 1. The summed E-state index contributed by atoms with van der Waals surface area (Å²) in [6, 6.07) is 16.2. The lowest BCUT2D eigenvalue weighted by Gasteiger charge is -2.08. The van der Waals surface area contributed by atoms with E-state index in [0.29, 0.717) is 27.7 Å². The molecule has 0 aliphatic rings. The molecule has 3 aromatic rings. The summed E-state index contributed by atoms with van der Waals surface area (Å²) in [5.74, 6) is 0.311. The van der Waals surface area contributed by atoms with Crippen LogP contribution in [-0.2, 0) is 0 Å². The number of benzene rings is 2. The second-order valence-corrected chi connectivity index (χ2v) is 5.07. The second kappa shape index (κ2) is 6.03. The van der Waals surface area contributed by atoms with E-state index in [1.165, 1.54) is 0 Å². The van der Waals surface area contributed by atoms with Gasteiger partial charge in [0.25, 0.3) is 5.91 Å². The number of hydrogen-bond donors (Lipinski definition) is 1. The lowest BCUT2D eigenvalue weighted by atomic mass is 10.2. The molecule has 3 rings (SSSR count). The monoisotopic (exact) mass is 312 g/mol. The summed E-state index contributed by atoms with van der Waals surface area (Å²) in [6.07, 6.45) is 0. The number of anilines is 1. The van der Waals surface area contributed by atoms with Crippen LogP contribution in [0.4, 0.5) is 5.69 Å². The van der Waals surface area contributed by atoms with Crippen LogP contribution in [0.1, 0.15) is 10.5 Å². The lowest BCUT2D eigenvalue weighted by Crippen LogP contribution is -2.14. The molecule has 1 aromatic heterocycles. The number of ether oxygens (including phenoxy) is 1. The first-order valence-electron chi connectivity index (χ1n) is 6.68. The highest BCUT2D eigenvalue weighted by Gasteiger charge is 2.12. The third-order valence-corrected chi connectivity index (χ3v) is 3.59. The van der Waals surface area contributed by atoms with Gasteiger partial charge in [0.2, 0.25) is 0 Å². The minimum absolute atomic E-state index is 0.303. The maximum atomic E-state index is 12.3. The first kappa shape index (κ1) is 14.4. The van der Waals surface area contributed by atoms with Crippen molar-refractivity contribution in [1.29, 1.82) is 0 Å². The minimum atomic E-state index is -0.319. The average molecular weight is 313 g/mol. The molecule has 0 unspecified atom stereocenters. The third-order valence-electron chi connectivity index (χ3n) is 3.26. The Balaban J connectivity index is 1.96. The molecule has 5 heteroatoms. The number of rotatable bonds is 3. The van der Waals surface area contributed by atoms with Gasteiger partial charge in [0.1, 0.15) is 17.0 Å². The molecule has 0 aliphatic carbocycles. The van der Waals surface area contributed by atoms with Gasteiger partial charge >= 0.3 is 0 Å². The standard InChI is InChI=1S/C17H13ClN2O2/c1-22-15-8-4-5-11-9-10-14(19-16(11)15)17(21)20-13-7-3-2-6-12(13)18/h2-10H,1H3,(H,20,21). The fraction of sp³-hybridized carbons (Fsp3) is 0.0588. The van der Waals surface area contributed by atoms with E-state index < -0.39 is 0 Å². The van der Waals surface area contributed by atoms with Crippen molar-refractivity contribution in [2.24, 2.45) is 0 Å². The number of carbonyl (C=O) groups is 1. The molecular weight excluding hydrogens is 300 g/mol. The molecule has 22 heavy (non-hydrogen) atoms. The fourth-order valence-corrected chi connectivity index (χ4v) is 2.34. The number of amides is 1. The van der Waals surface area contributed by atoms with Gasteiger partial charge in [0.15, 0.2) is 0 Å². The Hall–Kier alpha value is -2.59. The normalized spacial score (nSPS) is 10.5. The fourth-order valence-electron chi connectivity index (χ4n) is 2.16. The van der Waals surface area contributed by atoms with Gasteiger partial charge < -0.3 is 10.1 Å². The molecule has 0 spiro atoms. The number of methoxy groups -OCH3 is 1. The van der Waals surface area contributed by atoms with Gasteiger partial charge in [-0.25, -0.2) is 4.98 Å². The van der Waals surface area contributed by atoms with Gasteiger partial charge in [-0.05, 0) is 24.3 Å². The predicted octanol–water partition coefficient (Wildman–Crippen LogP) is 4.15. The molecule has 0 fully saturated rings. The number of para-hydroxylation sites is 2. The van der Waals surface area contributed by atoms with Crippen molar-refractivity contribution in [2.45, 2.75) is 0 Å². The van der Waals surface area contributed by atoms with E-state index in [0.717, 1.165) is 5.39 Å². The van der Waals surface area contributed by atoms with Gasteiger partial charge in [0, 0.05) is 5.39 Å². The van der Waals surface area contributed by atoms with E-state index in [9.17, 15) is 4.79 Å². The molecule has 2 aromatic carbocycles. The average Bonchev–Trinajstić information content (AvgIpc) is 2.55. The van der Waals surface area contributed by atoms with Crippen LogP contribution in [0.2, 0.25) is 5.02 Å². The van der Waals surface area contributed by atoms with Crippen LogP contribution < -0.4 is 10.1 Å². The number of aromatic nitrogens is 1. The Morgan fingerprint density at radius 3 is 2.68 bits per heavy atom. The summed E-state index contributed by atoms with van der Waals surface area (Å²) in [5, 5.41) is 4.15. The molecule has 4 nitrogen and oxygen atoms in total. The number of nitrogens with zero attached hydrogens (tertiary/aromatic N) is 1. The molecule has 0 saturated carbocycles. The summed E-state index contributed by atoms with van der Waals surface area (Å²) in [6.45, 7) is 0. The van der Waals surface area contributed by atoms with Crippen LogP contribution >= 0.6 is 11.6 Å². The van der Waals surface area contributed by atoms with Gasteiger partial charge in [-0.3, -0.25) is 4.79 Å². The number of halogens is 1. The second-order valence-electron chi connectivity index (χ2n) is 4.66. The lowest BCUT2D eigenvalue weighted by molar-refractivity contribution is 0.102. The van der Waals surface area contributed by atoms with Crippen LogP contribution in [-0.4, -0.2) is 18.0 Å². The van der Waals surface area contributed by atoms with Crippen molar-refractivity contribution < 1.29 is 9.53 Å². The van der Waals surface area contributed by atoms with Crippen LogP contribution in [0.15, 0.2) is 54.6 Å². The van der Waals surface area contributed by atoms with E-state index in [2.05, 4.69) is 10.3 Å². The zero-order chi connectivity index (χ0) is 15.5. The SMILES string of the molecule is COc1cccc2ccc(C(=O)Nc3ccccc3Cl)nc12. The van der Waals surface area contributed by atoms with E-state index in [-0.39, 0.29) is 5.91 Å². The smallest absolute Gasteiger partial charge is 0.274 e. The minimum Gasteiger partial charge on any atom is -0.494 e. The Kier molecular flexibility index (Phi) is 3.94. The van der Waals surface area contributed by atoms with E-state index in [1.807, 2.05) is 24.3 Å². The van der Waals surface area contributed by atoms with Crippen LogP contribution in [0.3, 0.4) is 0 Å².